The predicted octanol–water partition coefficient (Wildman–Crippen LogP) is 4.57. The molecule has 0 unspecified atom stereocenters. The molecule has 0 aliphatic rings. The summed E-state index contributed by atoms with van der Waals surface area (Å²) in [5, 5.41) is 9.55. The molecule has 0 atom stereocenters. The molecule has 0 N–H and O–H groups in total. The molecular weight excluding hydrogens is 408 g/mol. The van der Waals surface area contributed by atoms with E-state index in [1.165, 1.54) is 11.8 Å². The number of Topliss-reactive ketones (excluding diaryl/α,β-unsaturated/α-hetero) is 1. The van der Waals surface area contributed by atoms with Gasteiger partial charge in [-0.1, -0.05) is 42.1 Å². The Bertz CT molecular complexity index is 1150. The standard InChI is InChI=1S/C24H24N4O2S/c1-3-30-20-13-11-19(12-14-20)28-23(16-18-8-5-4-6-9-18)25-26-24(28)31-17-22(29)21-10-7-15-27(21)2/h4-15H,3,16-17H2,1-2H3. The van der Waals surface area contributed by atoms with Crippen LogP contribution in [0.15, 0.2) is 78.1 Å². The Labute approximate surface area is 185 Å². The Balaban J connectivity index is 1.62. The van der Waals surface area contributed by atoms with Crippen molar-refractivity contribution in [1.29, 1.82) is 0 Å². The Hall–Kier alpha value is -3.32. The minimum absolute atomic E-state index is 0.0587. The molecule has 2 aromatic heterocycles. The molecule has 6 nitrogen and oxygen atoms in total. The number of ether oxygens (including phenoxy) is 1. The number of ketones is 1. The van der Waals surface area contributed by atoms with Gasteiger partial charge in [-0.05, 0) is 48.9 Å². The fraction of sp³-hybridized carbons (Fsp3) is 0.208. The zero-order valence-corrected chi connectivity index (χ0v) is 18.4. The van der Waals surface area contributed by atoms with Gasteiger partial charge in [0, 0.05) is 25.4 Å². The minimum Gasteiger partial charge on any atom is -0.494 e. The summed E-state index contributed by atoms with van der Waals surface area (Å²) in [5.74, 6) is 1.99. The highest BCUT2D eigenvalue weighted by Gasteiger charge is 2.18. The van der Waals surface area contributed by atoms with Crippen LogP contribution in [0.5, 0.6) is 5.75 Å². The first-order chi connectivity index (χ1) is 15.2. The number of carbonyl (C=O) groups excluding carboxylic acids is 1. The molecule has 0 aliphatic carbocycles. The molecule has 7 heteroatoms. The summed E-state index contributed by atoms with van der Waals surface area (Å²) < 4.78 is 9.43. The fourth-order valence-corrected chi connectivity index (χ4v) is 4.21. The van der Waals surface area contributed by atoms with E-state index < -0.39 is 0 Å². The number of aryl methyl sites for hydroxylation is 1. The molecule has 158 valence electrons. The first-order valence-corrected chi connectivity index (χ1v) is 11.1. The Morgan fingerprint density at radius 3 is 2.45 bits per heavy atom. The molecule has 0 bridgehead atoms. The fourth-order valence-electron chi connectivity index (χ4n) is 3.36. The summed E-state index contributed by atoms with van der Waals surface area (Å²) in [7, 11) is 1.87. The Morgan fingerprint density at radius 1 is 1.00 bits per heavy atom. The summed E-state index contributed by atoms with van der Waals surface area (Å²) in [6, 6.07) is 21.7. The molecule has 4 aromatic rings. The van der Waals surface area contributed by atoms with Crippen LogP contribution in [0.4, 0.5) is 0 Å². The van der Waals surface area contributed by atoms with Gasteiger partial charge in [0.1, 0.15) is 11.6 Å². The average Bonchev–Trinajstić information content (AvgIpc) is 3.40. The molecule has 0 saturated heterocycles. The molecule has 0 aliphatic heterocycles. The normalized spacial score (nSPS) is 10.9. The van der Waals surface area contributed by atoms with Crippen molar-refractivity contribution in [2.45, 2.75) is 18.5 Å². The van der Waals surface area contributed by atoms with Gasteiger partial charge >= 0.3 is 0 Å². The largest absolute Gasteiger partial charge is 0.494 e. The van der Waals surface area contributed by atoms with Gasteiger partial charge in [-0.15, -0.1) is 10.2 Å². The van der Waals surface area contributed by atoms with Crippen molar-refractivity contribution >= 4 is 17.5 Å². The number of nitrogens with zero attached hydrogens (tertiary/aromatic N) is 4. The second-order valence-electron chi connectivity index (χ2n) is 7.04. The van der Waals surface area contributed by atoms with E-state index in [-0.39, 0.29) is 5.78 Å². The highest BCUT2D eigenvalue weighted by molar-refractivity contribution is 7.99. The summed E-state index contributed by atoms with van der Waals surface area (Å²) in [6.07, 6.45) is 2.52. The van der Waals surface area contributed by atoms with Crippen LogP contribution < -0.4 is 4.74 Å². The number of aromatic nitrogens is 4. The van der Waals surface area contributed by atoms with Crippen LogP contribution in [0.2, 0.25) is 0 Å². The van der Waals surface area contributed by atoms with Crippen LogP contribution in [-0.2, 0) is 13.5 Å². The van der Waals surface area contributed by atoms with Gasteiger partial charge in [-0.25, -0.2) is 0 Å². The van der Waals surface area contributed by atoms with Crippen LogP contribution in [-0.4, -0.2) is 37.5 Å². The molecule has 0 saturated carbocycles. The molecule has 4 rings (SSSR count). The van der Waals surface area contributed by atoms with E-state index in [0.717, 1.165) is 22.8 Å². The van der Waals surface area contributed by atoms with E-state index in [9.17, 15) is 4.79 Å². The maximum absolute atomic E-state index is 12.6. The zero-order chi connectivity index (χ0) is 21.6. The third-order valence-electron chi connectivity index (χ3n) is 4.87. The molecule has 31 heavy (non-hydrogen) atoms. The van der Waals surface area contributed by atoms with Gasteiger partial charge in [0.05, 0.1) is 18.1 Å². The quantitative estimate of drug-likeness (QED) is 0.286. The predicted molar refractivity (Wildman–Crippen MR) is 122 cm³/mol. The van der Waals surface area contributed by atoms with Crippen LogP contribution in [0.3, 0.4) is 0 Å². The molecule has 0 amide bonds. The lowest BCUT2D eigenvalue weighted by Gasteiger charge is -2.11. The van der Waals surface area contributed by atoms with Gasteiger partial charge in [-0.2, -0.15) is 0 Å². The summed E-state index contributed by atoms with van der Waals surface area (Å²) in [5.41, 5.74) is 2.77. The molecule has 2 heterocycles. The average molecular weight is 433 g/mol. The van der Waals surface area contributed by atoms with Crippen molar-refractivity contribution in [2.75, 3.05) is 12.4 Å². The number of benzene rings is 2. The summed E-state index contributed by atoms with van der Waals surface area (Å²) in [4.78, 5) is 12.6. The monoisotopic (exact) mass is 432 g/mol. The molecule has 0 fully saturated rings. The van der Waals surface area contributed by atoms with Crippen molar-refractivity contribution in [1.82, 2.24) is 19.3 Å². The van der Waals surface area contributed by atoms with Crippen LogP contribution >= 0.6 is 11.8 Å². The van der Waals surface area contributed by atoms with Crippen molar-refractivity contribution in [3.63, 3.8) is 0 Å². The van der Waals surface area contributed by atoms with E-state index in [1.807, 2.05) is 83.9 Å². The minimum atomic E-state index is 0.0587. The van der Waals surface area contributed by atoms with Crippen molar-refractivity contribution in [3.05, 3.63) is 90.0 Å². The third-order valence-corrected chi connectivity index (χ3v) is 5.80. The molecule has 2 aromatic carbocycles. The zero-order valence-electron chi connectivity index (χ0n) is 17.6. The number of thioether (sulfide) groups is 1. The lowest BCUT2D eigenvalue weighted by Crippen LogP contribution is -2.09. The third kappa shape index (κ3) is 4.88. The van der Waals surface area contributed by atoms with Gasteiger partial charge in [0.2, 0.25) is 0 Å². The number of carbonyl (C=O) groups is 1. The number of rotatable bonds is 9. The first-order valence-electron chi connectivity index (χ1n) is 10.1. The van der Waals surface area contributed by atoms with E-state index in [2.05, 4.69) is 22.3 Å². The highest BCUT2D eigenvalue weighted by atomic mass is 32.2. The summed E-state index contributed by atoms with van der Waals surface area (Å²) >= 11 is 1.40. The van der Waals surface area contributed by atoms with Gasteiger partial charge in [0.25, 0.3) is 0 Å². The maximum Gasteiger partial charge on any atom is 0.196 e. The molecule has 0 spiro atoms. The Kier molecular flexibility index (Phi) is 6.52. The Morgan fingerprint density at radius 2 is 1.77 bits per heavy atom. The van der Waals surface area contributed by atoms with Crippen LogP contribution in [0.1, 0.15) is 28.8 Å². The van der Waals surface area contributed by atoms with Crippen molar-refractivity contribution in [3.8, 4) is 11.4 Å². The van der Waals surface area contributed by atoms with E-state index >= 15 is 0 Å². The molecule has 0 radical (unpaired) electrons. The van der Waals surface area contributed by atoms with Gasteiger partial charge in [0.15, 0.2) is 10.9 Å². The molecular formula is C24H24N4O2S. The smallest absolute Gasteiger partial charge is 0.196 e. The SMILES string of the molecule is CCOc1ccc(-n2c(Cc3ccccc3)nnc2SCC(=O)c2cccn2C)cc1. The van der Waals surface area contributed by atoms with Crippen LogP contribution in [0, 0.1) is 0 Å². The maximum atomic E-state index is 12.6. The van der Waals surface area contributed by atoms with Gasteiger partial charge < -0.3 is 9.30 Å². The highest BCUT2D eigenvalue weighted by Crippen LogP contribution is 2.26. The lowest BCUT2D eigenvalue weighted by molar-refractivity contribution is 0.101. The number of hydrogen-bond donors (Lipinski definition) is 0. The second-order valence-corrected chi connectivity index (χ2v) is 7.98. The lowest BCUT2D eigenvalue weighted by atomic mass is 10.1. The van der Waals surface area contributed by atoms with E-state index in [0.29, 0.717) is 29.6 Å². The van der Waals surface area contributed by atoms with E-state index in [1.54, 1.807) is 0 Å². The summed E-state index contributed by atoms with van der Waals surface area (Å²) in [6.45, 7) is 2.58. The second kappa shape index (κ2) is 9.66. The van der Waals surface area contributed by atoms with Crippen LogP contribution in [0.25, 0.3) is 5.69 Å². The first kappa shape index (κ1) is 20.9. The van der Waals surface area contributed by atoms with E-state index in [4.69, 9.17) is 4.74 Å². The van der Waals surface area contributed by atoms with Crippen molar-refractivity contribution < 1.29 is 9.53 Å². The topological polar surface area (TPSA) is 61.9 Å². The van der Waals surface area contributed by atoms with Gasteiger partial charge in [-0.3, -0.25) is 9.36 Å². The number of hydrogen-bond acceptors (Lipinski definition) is 5. The van der Waals surface area contributed by atoms with Crippen molar-refractivity contribution in [2.24, 2.45) is 7.05 Å².